The van der Waals surface area contributed by atoms with E-state index in [1.165, 1.54) is 41.3 Å². The zero-order valence-electron chi connectivity index (χ0n) is 22.6. The molecule has 0 saturated carbocycles. The summed E-state index contributed by atoms with van der Waals surface area (Å²) < 4.78 is 6.94. The first-order chi connectivity index (χ1) is 19.1. The first-order valence-electron chi connectivity index (χ1n) is 12.8. The van der Waals surface area contributed by atoms with Gasteiger partial charge in [-0.2, -0.15) is 0 Å². The number of thioether (sulfide) groups is 1. The average Bonchev–Trinajstić information content (AvgIpc) is 3.46. The predicted molar refractivity (Wildman–Crippen MR) is 151 cm³/mol. The number of nitrogens with one attached hydrogen (secondary N) is 2. The number of aromatic nitrogens is 3. The van der Waals surface area contributed by atoms with Crippen molar-refractivity contribution in [3.63, 3.8) is 0 Å². The highest BCUT2D eigenvalue weighted by Crippen LogP contribution is 2.39. The van der Waals surface area contributed by atoms with Crippen LogP contribution in [0.3, 0.4) is 0 Å². The molecule has 2 aromatic heterocycles. The molecule has 1 aromatic carbocycles. The van der Waals surface area contributed by atoms with Crippen LogP contribution in [0.2, 0.25) is 0 Å². The highest BCUT2D eigenvalue weighted by atomic mass is 32.2. The fourth-order valence-corrected chi connectivity index (χ4v) is 6.42. The summed E-state index contributed by atoms with van der Waals surface area (Å²) in [6.45, 7) is 5.38. The Bertz CT molecular complexity index is 1470. The summed E-state index contributed by atoms with van der Waals surface area (Å²) in [7, 11) is 1.72. The summed E-state index contributed by atoms with van der Waals surface area (Å²) in [5.74, 6) is -0.740. The number of fused-ring (bicyclic) bond motifs is 1. The fraction of sp³-hybridized carbons (Fsp3) is 0.423. The Labute approximate surface area is 239 Å². The number of hydrogen-bond acceptors (Lipinski definition) is 10. The standard InChI is InChI=1S/C26H30N6O6S2/c1-5-38-25(35)21-17-8-6-7-9-19(17)40-24(21)28-22(33)15(3)39-26-30-29-20(31(26)4)13-27-23(34)16-11-10-14(2)18(12-16)32(36)37/h10-12,15H,5-9,13H2,1-4H3,(H,27,34)(H,28,33)/t15-/m1/s1. The number of rotatable bonds is 10. The van der Waals surface area contributed by atoms with Gasteiger partial charge < -0.3 is 19.9 Å². The minimum atomic E-state index is -0.562. The molecule has 2 heterocycles. The highest BCUT2D eigenvalue weighted by molar-refractivity contribution is 8.00. The number of nitrogens with zero attached hydrogens (tertiary/aromatic N) is 4. The Morgan fingerprint density at radius 1 is 1.25 bits per heavy atom. The molecule has 2 N–H and O–H groups in total. The van der Waals surface area contributed by atoms with E-state index in [-0.39, 0.29) is 30.3 Å². The van der Waals surface area contributed by atoms with Crippen LogP contribution in [0.1, 0.15) is 69.2 Å². The molecule has 4 rings (SSSR count). The topological polar surface area (TPSA) is 158 Å². The van der Waals surface area contributed by atoms with Crippen LogP contribution in [-0.2, 0) is 36.0 Å². The van der Waals surface area contributed by atoms with Crippen molar-refractivity contribution < 1.29 is 24.0 Å². The van der Waals surface area contributed by atoms with Gasteiger partial charge in [-0.15, -0.1) is 21.5 Å². The average molecular weight is 587 g/mol. The molecule has 0 bridgehead atoms. The third-order valence-corrected chi connectivity index (χ3v) is 8.88. The lowest BCUT2D eigenvalue weighted by Crippen LogP contribution is -2.25. The largest absolute Gasteiger partial charge is 0.462 e. The zero-order valence-corrected chi connectivity index (χ0v) is 24.2. The predicted octanol–water partition coefficient (Wildman–Crippen LogP) is 4.20. The van der Waals surface area contributed by atoms with Crippen molar-refractivity contribution in [2.45, 2.75) is 63.4 Å². The first-order valence-corrected chi connectivity index (χ1v) is 14.5. The van der Waals surface area contributed by atoms with Gasteiger partial charge in [-0.05, 0) is 58.1 Å². The molecule has 1 atom stereocenters. The maximum atomic E-state index is 13.1. The molecule has 3 aromatic rings. The summed E-state index contributed by atoms with van der Waals surface area (Å²) in [6.07, 6.45) is 3.72. The molecule has 1 aliphatic rings. The molecule has 212 valence electrons. The number of anilines is 1. The van der Waals surface area contributed by atoms with E-state index in [2.05, 4.69) is 20.8 Å². The number of ether oxygens (including phenoxy) is 1. The molecule has 0 fully saturated rings. The number of carbonyl (C=O) groups excluding carboxylic acids is 3. The lowest BCUT2D eigenvalue weighted by Gasteiger charge is -2.13. The minimum Gasteiger partial charge on any atom is -0.462 e. The van der Waals surface area contributed by atoms with Crippen molar-refractivity contribution in [1.82, 2.24) is 20.1 Å². The number of amides is 2. The summed E-state index contributed by atoms with van der Waals surface area (Å²) in [5, 5.41) is 25.5. The molecule has 40 heavy (non-hydrogen) atoms. The smallest absolute Gasteiger partial charge is 0.341 e. The van der Waals surface area contributed by atoms with Gasteiger partial charge in [0.15, 0.2) is 11.0 Å². The number of nitro groups is 1. The van der Waals surface area contributed by atoms with Gasteiger partial charge in [0.05, 0.1) is 28.9 Å². The molecule has 0 aliphatic heterocycles. The second kappa shape index (κ2) is 12.6. The molecular weight excluding hydrogens is 556 g/mol. The van der Waals surface area contributed by atoms with E-state index in [4.69, 9.17) is 4.74 Å². The van der Waals surface area contributed by atoms with Gasteiger partial charge in [-0.1, -0.05) is 17.8 Å². The van der Waals surface area contributed by atoms with Gasteiger partial charge in [0, 0.05) is 29.1 Å². The molecule has 2 amide bonds. The van der Waals surface area contributed by atoms with Crippen LogP contribution in [0.15, 0.2) is 23.4 Å². The number of esters is 1. The van der Waals surface area contributed by atoms with Gasteiger partial charge in [-0.25, -0.2) is 4.79 Å². The minimum absolute atomic E-state index is 0.0365. The summed E-state index contributed by atoms with van der Waals surface area (Å²) >= 11 is 2.63. The van der Waals surface area contributed by atoms with Gasteiger partial charge in [0.2, 0.25) is 5.91 Å². The second-order valence-electron chi connectivity index (χ2n) is 9.28. The summed E-state index contributed by atoms with van der Waals surface area (Å²) in [6, 6.07) is 4.28. The first kappa shape index (κ1) is 29.2. The van der Waals surface area contributed by atoms with E-state index in [0.717, 1.165) is 36.1 Å². The number of nitro benzene ring substituents is 1. The molecular formula is C26H30N6O6S2. The van der Waals surface area contributed by atoms with E-state index >= 15 is 0 Å². The molecule has 0 saturated heterocycles. The lowest BCUT2D eigenvalue weighted by molar-refractivity contribution is -0.385. The molecule has 0 radical (unpaired) electrons. The van der Waals surface area contributed by atoms with Crippen LogP contribution in [0.25, 0.3) is 0 Å². The van der Waals surface area contributed by atoms with Crippen molar-refractivity contribution in [3.8, 4) is 0 Å². The fourth-order valence-electron chi connectivity index (χ4n) is 4.31. The number of aryl methyl sites for hydroxylation is 2. The van der Waals surface area contributed by atoms with E-state index in [1.54, 1.807) is 32.4 Å². The van der Waals surface area contributed by atoms with Crippen molar-refractivity contribution in [2.24, 2.45) is 7.05 Å². The van der Waals surface area contributed by atoms with Gasteiger partial charge in [-0.3, -0.25) is 19.7 Å². The van der Waals surface area contributed by atoms with Crippen molar-refractivity contribution in [1.29, 1.82) is 0 Å². The molecule has 0 spiro atoms. The second-order valence-corrected chi connectivity index (χ2v) is 11.7. The third kappa shape index (κ3) is 6.33. The Morgan fingerprint density at radius 2 is 2.00 bits per heavy atom. The van der Waals surface area contributed by atoms with Crippen LogP contribution in [-0.4, -0.2) is 49.3 Å². The Hall–Kier alpha value is -3.78. The molecule has 12 nitrogen and oxygen atoms in total. The van der Waals surface area contributed by atoms with Crippen LogP contribution < -0.4 is 10.6 Å². The number of benzene rings is 1. The van der Waals surface area contributed by atoms with Crippen molar-refractivity contribution in [2.75, 3.05) is 11.9 Å². The Balaban J connectivity index is 1.40. The molecule has 0 unspecified atom stereocenters. The molecule has 1 aliphatic carbocycles. The monoisotopic (exact) mass is 586 g/mol. The quantitative estimate of drug-likeness (QED) is 0.154. The van der Waals surface area contributed by atoms with Crippen LogP contribution in [0, 0.1) is 17.0 Å². The maximum Gasteiger partial charge on any atom is 0.341 e. The van der Waals surface area contributed by atoms with Gasteiger partial charge in [0.25, 0.3) is 11.6 Å². The van der Waals surface area contributed by atoms with E-state index in [1.807, 2.05) is 0 Å². The summed E-state index contributed by atoms with van der Waals surface area (Å²) in [5.41, 5.74) is 1.94. The number of hydrogen-bond donors (Lipinski definition) is 2. The normalized spacial score (nSPS) is 13.3. The van der Waals surface area contributed by atoms with E-state index in [9.17, 15) is 24.5 Å². The van der Waals surface area contributed by atoms with E-state index < -0.39 is 22.0 Å². The van der Waals surface area contributed by atoms with Gasteiger partial charge >= 0.3 is 5.97 Å². The highest BCUT2D eigenvalue weighted by Gasteiger charge is 2.29. The van der Waals surface area contributed by atoms with Crippen molar-refractivity contribution in [3.05, 3.63) is 61.3 Å². The number of thiophene rings is 1. The van der Waals surface area contributed by atoms with Crippen LogP contribution in [0.4, 0.5) is 10.7 Å². The SMILES string of the molecule is CCOC(=O)c1c(NC(=O)[C@@H](C)Sc2nnc(CNC(=O)c3ccc(C)c([N+](=O)[O-])c3)n2C)sc2c1CCCC2. The van der Waals surface area contributed by atoms with Crippen LogP contribution >= 0.6 is 23.1 Å². The Morgan fingerprint density at radius 3 is 2.73 bits per heavy atom. The Kier molecular flexibility index (Phi) is 9.20. The van der Waals surface area contributed by atoms with Crippen molar-refractivity contribution >= 4 is 51.6 Å². The third-order valence-electron chi connectivity index (χ3n) is 6.54. The lowest BCUT2D eigenvalue weighted by atomic mass is 9.95. The number of carbonyl (C=O) groups is 3. The van der Waals surface area contributed by atoms with E-state index in [0.29, 0.717) is 27.1 Å². The van der Waals surface area contributed by atoms with Crippen LogP contribution in [0.5, 0.6) is 0 Å². The summed E-state index contributed by atoms with van der Waals surface area (Å²) in [4.78, 5) is 50.1. The zero-order chi connectivity index (χ0) is 29.0. The van der Waals surface area contributed by atoms with Gasteiger partial charge in [0.1, 0.15) is 5.00 Å². The molecule has 14 heteroatoms. The maximum absolute atomic E-state index is 13.1.